The predicted octanol–water partition coefficient (Wildman–Crippen LogP) is 4.35. The molecule has 1 amide bonds. The van der Waals surface area contributed by atoms with Gasteiger partial charge in [0.05, 0.1) is 0 Å². The Bertz CT molecular complexity index is 847. The highest BCUT2D eigenvalue weighted by Gasteiger charge is 2.21. The molecule has 0 aromatic heterocycles. The normalized spacial score (nSPS) is 11.8. The lowest BCUT2D eigenvalue weighted by Crippen LogP contribution is -2.32. The van der Waals surface area contributed by atoms with E-state index in [2.05, 4.69) is 5.32 Å². The maximum atomic E-state index is 13.6. The molecule has 0 radical (unpaired) electrons. The van der Waals surface area contributed by atoms with E-state index < -0.39 is 41.9 Å². The second-order valence-electron chi connectivity index (χ2n) is 6.69. The Labute approximate surface area is 162 Å². The zero-order valence-electron chi connectivity index (χ0n) is 16.2. The summed E-state index contributed by atoms with van der Waals surface area (Å²) >= 11 is 0. The number of aryl methyl sites for hydroxylation is 1. The van der Waals surface area contributed by atoms with E-state index >= 15 is 0 Å². The standard InChI is InChI=1S/C21H23F2NO4/c1-12(2)15-9-8-13(3)18(10-15)27-11-19(25)28-14(4)21(26)24-20-16(22)6-5-7-17(20)23/h5-10,12,14H,11H2,1-4H3,(H,24,26)/t14-/m1/s1. The first-order chi connectivity index (χ1) is 13.2. The fourth-order valence-electron chi connectivity index (χ4n) is 2.39. The summed E-state index contributed by atoms with van der Waals surface area (Å²) in [6.07, 6.45) is -1.25. The van der Waals surface area contributed by atoms with Crippen LogP contribution in [0.2, 0.25) is 0 Å². The SMILES string of the molecule is Cc1ccc(C(C)C)cc1OCC(=O)O[C@H](C)C(=O)Nc1c(F)cccc1F. The molecule has 0 aliphatic carbocycles. The van der Waals surface area contributed by atoms with Gasteiger partial charge in [0.2, 0.25) is 0 Å². The van der Waals surface area contributed by atoms with Crippen LogP contribution in [-0.4, -0.2) is 24.6 Å². The molecule has 2 rings (SSSR count). The third kappa shape index (κ3) is 5.52. The van der Waals surface area contributed by atoms with Crippen molar-refractivity contribution in [3.63, 3.8) is 0 Å². The summed E-state index contributed by atoms with van der Waals surface area (Å²) in [4.78, 5) is 24.0. The second-order valence-corrected chi connectivity index (χ2v) is 6.69. The van der Waals surface area contributed by atoms with Gasteiger partial charge in [-0.1, -0.05) is 32.0 Å². The summed E-state index contributed by atoms with van der Waals surface area (Å²) in [5.74, 6) is -2.61. The van der Waals surface area contributed by atoms with Crippen LogP contribution in [0.25, 0.3) is 0 Å². The van der Waals surface area contributed by atoms with Crippen molar-refractivity contribution in [2.45, 2.75) is 39.7 Å². The van der Waals surface area contributed by atoms with Crippen LogP contribution in [0.3, 0.4) is 0 Å². The van der Waals surface area contributed by atoms with E-state index in [0.29, 0.717) is 11.7 Å². The van der Waals surface area contributed by atoms with Crippen molar-refractivity contribution in [3.8, 4) is 5.75 Å². The van der Waals surface area contributed by atoms with Gasteiger partial charge in [-0.25, -0.2) is 13.6 Å². The highest BCUT2D eigenvalue weighted by atomic mass is 19.1. The minimum Gasteiger partial charge on any atom is -0.482 e. The number of halogens is 2. The topological polar surface area (TPSA) is 64.6 Å². The van der Waals surface area contributed by atoms with Crippen molar-refractivity contribution in [2.75, 3.05) is 11.9 Å². The first kappa shape index (κ1) is 21.3. The number of ether oxygens (including phenoxy) is 2. The van der Waals surface area contributed by atoms with Gasteiger partial charge in [0.25, 0.3) is 5.91 Å². The maximum Gasteiger partial charge on any atom is 0.344 e. The molecule has 5 nitrogen and oxygen atoms in total. The Morgan fingerprint density at radius 1 is 1.07 bits per heavy atom. The second kappa shape index (κ2) is 9.30. The van der Waals surface area contributed by atoms with Crippen LogP contribution >= 0.6 is 0 Å². The lowest BCUT2D eigenvalue weighted by atomic mass is 10.0. The summed E-state index contributed by atoms with van der Waals surface area (Å²) in [5.41, 5.74) is 1.33. The molecule has 0 saturated carbocycles. The third-order valence-electron chi connectivity index (χ3n) is 4.11. The number of nitrogens with one attached hydrogen (secondary N) is 1. The summed E-state index contributed by atoms with van der Waals surface area (Å²) < 4.78 is 37.7. The Balaban J connectivity index is 1.92. The van der Waals surface area contributed by atoms with E-state index in [9.17, 15) is 18.4 Å². The van der Waals surface area contributed by atoms with Crippen molar-refractivity contribution in [1.82, 2.24) is 0 Å². The molecule has 7 heteroatoms. The number of esters is 1. The molecule has 0 spiro atoms. The minimum atomic E-state index is -1.25. The first-order valence-electron chi connectivity index (χ1n) is 8.86. The van der Waals surface area contributed by atoms with Crippen LogP contribution in [0.4, 0.5) is 14.5 Å². The van der Waals surface area contributed by atoms with Crippen molar-refractivity contribution in [3.05, 3.63) is 59.2 Å². The molecule has 0 bridgehead atoms. The predicted molar refractivity (Wildman–Crippen MR) is 101 cm³/mol. The molecule has 0 saturated heterocycles. The molecule has 0 aliphatic heterocycles. The van der Waals surface area contributed by atoms with Crippen LogP contribution in [0, 0.1) is 18.6 Å². The molecular weight excluding hydrogens is 368 g/mol. The lowest BCUT2D eigenvalue weighted by Gasteiger charge is -2.15. The Hall–Kier alpha value is -2.96. The Morgan fingerprint density at radius 3 is 2.32 bits per heavy atom. The highest BCUT2D eigenvalue weighted by molar-refractivity contribution is 5.95. The van der Waals surface area contributed by atoms with E-state index in [1.165, 1.54) is 13.0 Å². The molecule has 150 valence electrons. The van der Waals surface area contributed by atoms with E-state index in [4.69, 9.17) is 9.47 Å². The van der Waals surface area contributed by atoms with Crippen LogP contribution in [0.5, 0.6) is 5.75 Å². The number of hydrogen-bond acceptors (Lipinski definition) is 4. The zero-order chi connectivity index (χ0) is 20.8. The molecule has 2 aromatic carbocycles. The molecule has 0 heterocycles. The molecule has 0 fully saturated rings. The third-order valence-corrected chi connectivity index (χ3v) is 4.11. The summed E-state index contributed by atoms with van der Waals surface area (Å²) in [7, 11) is 0. The zero-order valence-corrected chi connectivity index (χ0v) is 16.2. The van der Waals surface area contributed by atoms with E-state index in [1.807, 2.05) is 39.0 Å². The average molecular weight is 391 g/mol. The number of anilines is 1. The largest absolute Gasteiger partial charge is 0.482 e. The van der Waals surface area contributed by atoms with Gasteiger partial charge >= 0.3 is 5.97 Å². The van der Waals surface area contributed by atoms with Gasteiger partial charge in [-0.2, -0.15) is 0 Å². The fraction of sp³-hybridized carbons (Fsp3) is 0.333. The Morgan fingerprint density at radius 2 is 1.71 bits per heavy atom. The monoisotopic (exact) mass is 391 g/mol. The van der Waals surface area contributed by atoms with Crippen LogP contribution in [0.1, 0.15) is 37.8 Å². The summed E-state index contributed by atoms with van der Waals surface area (Å²) in [5, 5.41) is 2.08. The number of para-hydroxylation sites is 1. The maximum absolute atomic E-state index is 13.6. The van der Waals surface area contributed by atoms with Crippen LogP contribution in [-0.2, 0) is 14.3 Å². The lowest BCUT2D eigenvalue weighted by molar-refractivity contribution is -0.155. The quantitative estimate of drug-likeness (QED) is 0.713. The van der Waals surface area contributed by atoms with Crippen molar-refractivity contribution in [2.24, 2.45) is 0 Å². The molecule has 28 heavy (non-hydrogen) atoms. The van der Waals surface area contributed by atoms with E-state index in [-0.39, 0.29) is 0 Å². The van der Waals surface area contributed by atoms with E-state index in [0.717, 1.165) is 23.3 Å². The van der Waals surface area contributed by atoms with Gasteiger partial charge < -0.3 is 14.8 Å². The summed E-state index contributed by atoms with van der Waals surface area (Å²) in [6.45, 7) is 6.84. The number of carbonyl (C=O) groups is 2. The fourth-order valence-corrected chi connectivity index (χ4v) is 2.39. The number of benzene rings is 2. The number of hydrogen-bond donors (Lipinski definition) is 1. The van der Waals surface area contributed by atoms with Gasteiger partial charge in [0, 0.05) is 0 Å². The molecule has 1 atom stereocenters. The van der Waals surface area contributed by atoms with Crippen molar-refractivity contribution in [1.29, 1.82) is 0 Å². The van der Waals surface area contributed by atoms with Crippen LogP contribution < -0.4 is 10.1 Å². The summed E-state index contributed by atoms with van der Waals surface area (Å²) in [6, 6.07) is 8.93. The molecule has 2 aromatic rings. The Kier molecular flexibility index (Phi) is 7.09. The smallest absolute Gasteiger partial charge is 0.344 e. The van der Waals surface area contributed by atoms with Gasteiger partial charge in [-0.15, -0.1) is 0 Å². The first-order valence-corrected chi connectivity index (χ1v) is 8.86. The molecule has 0 aliphatic rings. The molecule has 0 unspecified atom stereocenters. The molecular formula is C21H23F2NO4. The van der Waals surface area contributed by atoms with E-state index in [1.54, 1.807) is 0 Å². The van der Waals surface area contributed by atoms with Gasteiger partial charge in [-0.3, -0.25) is 4.79 Å². The van der Waals surface area contributed by atoms with Gasteiger partial charge in [-0.05, 0) is 49.1 Å². The van der Waals surface area contributed by atoms with Crippen molar-refractivity contribution >= 4 is 17.6 Å². The number of carbonyl (C=O) groups excluding carboxylic acids is 2. The highest BCUT2D eigenvalue weighted by Crippen LogP contribution is 2.24. The van der Waals surface area contributed by atoms with Crippen LogP contribution in [0.15, 0.2) is 36.4 Å². The number of rotatable bonds is 7. The average Bonchev–Trinajstić information content (AvgIpc) is 2.63. The minimum absolute atomic E-state index is 0.303. The molecule has 1 N–H and O–H groups in total. The van der Waals surface area contributed by atoms with Gasteiger partial charge in [0.15, 0.2) is 12.7 Å². The van der Waals surface area contributed by atoms with Gasteiger partial charge in [0.1, 0.15) is 23.1 Å². The number of amides is 1. The van der Waals surface area contributed by atoms with Crippen molar-refractivity contribution < 1.29 is 27.8 Å².